The molecule has 0 amide bonds. The second-order valence-corrected chi connectivity index (χ2v) is 16.2. The molecule has 11 aromatic rings. The second-order valence-electron chi connectivity index (χ2n) is 16.2. The first kappa shape index (κ1) is 34.6. The molecular formula is C58H36N4. The van der Waals surface area contributed by atoms with Crippen molar-refractivity contribution in [2.75, 3.05) is 0 Å². The molecule has 0 atom stereocenters. The highest BCUT2D eigenvalue weighted by atomic mass is 15.2. The van der Waals surface area contributed by atoms with Crippen LogP contribution in [0, 0.1) is 0 Å². The Bertz CT molecular complexity index is 3540. The molecule has 9 aromatic carbocycles. The average Bonchev–Trinajstić information content (AvgIpc) is 3.97. The highest BCUT2D eigenvalue weighted by Gasteiger charge is 2.52. The van der Waals surface area contributed by atoms with Gasteiger partial charge in [-0.15, -0.1) is 0 Å². The van der Waals surface area contributed by atoms with Gasteiger partial charge in [-0.1, -0.05) is 206 Å². The molecule has 2 aliphatic rings. The quantitative estimate of drug-likeness (QED) is 0.174. The summed E-state index contributed by atoms with van der Waals surface area (Å²) in [5.74, 6) is 1.81. The van der Waals surface area contributed by atoms with Crippen LogP contribution in [0.2, 0.25) is 0 Å². The van der Waals surface area contributed by atoms with Crippen LogP contribution < -0.4 is 0 Å². The largest absolute Gasteiger partial charge is 0.278 e. The van der Waals surface area contributed by atoms with E-state index in [4.69, 9.17) is 15.0 Å². The third-order valence-electron chi connectivity index (χ3n) is 13.1. The number of rotatable bonds is 5. The number of aromatic nitrogens is 4. The van der Waals surface area contributed by atoms with Crippen molar-refractivity contribution in [2.24, 2.45) is 0 Å². The van der Waals surface area contributed by atoms with Gasteiger partial charge in [0.2, 0.25) is 5.95 Å². The van der Waals surface area contributed by atoms with Gasteiger partial charge in [-0.05, 0) is 78.9 Å². The molecule has 13 rings (SSSR count). The van der Waals surface area contributed by atoms with Gasteiger partial charge >= 0.3 is 0 Å². The van der Waals surface area contributed by atoms with Crippen molar-refractivity contribution < 1.29 is 0 Å². The third-order valence-corrected chi connectivity index (χ3v) is 13.1. The summed E-state index contributed by atoms with van der Waals surface area (Å²) in [6, 6.07) is 78.5. The highest BCUT2D eigenvalue weighted by Crippen LogP contribution is 2.64. The molecule has 62 heavy (non-hydrogen) atoms. The number of fused-ring (bicyclic) bond motifs is 13. The van der Waals surface area contributed by atoms with E-state index < -0.39 is 5.41 Å². The van der Waals surface area contributed by atoms with E-state index in [1.165, 1.54) is 55.6 Å². The summed E-state index contributed by atoms with van der Waals surface area (Å²) in [5.41, 5.74) is 18.6. The van der Waals surface area contributed by atoms with Crippen molar-refractivity contribution in [3.63, 3.8) is 0 Å². The van der Waals surface area contributed by atoms with Crippen molar-refractivity contribution in [1.29, 1.82) is 0 Å². The fourth-order valence-corrected chi connectivity index (χ4v) is 10.7. The molecule has 2 heterocycles. The summed E-state index contributed by atoms with van der Waals surface area (Å²) in [7, 11) is 0. The maximum Gasteiger partial charge on any atom is 0.238 e. The fourth-order valence-electron chi connectivity index (χ4n) is 10.7. The van der Waals surface area contributed by atoms with Crippen LogP contribution in [0.3, 0.4) is 0 Å². The normalized spacial score (nSPS) is 13.0. The van der Waals surface area contributed by atoms with Gasteiger partial charge in [0.25, 0.3) is 0 Å². The van der Waals surface area contributed by atoms with Gasteiger partial charge < -0.3 is 0 Å². The van der Waals surface area contributed by atoms with E-state index in [2.05, 4.69) is 199 Å². The third kappa shape index (κ3) is 4.80. The molecule has 0 aliphatic heterocycles. The number of benzene rings is 9. The van der Waals surface area contributed by atoms with Crippen LogP contribution in [0.1, 0.15) is 22.3 Å². The van der Waals surface area contributed by atoms with E-state index in [1.807, 2.05) is 24.3 Å². The average molecular weight is 789 g/mol. The van der Waals surface area contributed by atoms with Gasteiger partial charge in [0.05, 0.1) is 16.4 Å². The van der Waals surface area contributed by atoms with Gasteiger partial charge in [-0.2, -0.15) is 9.97 Å². The summed E-state index contributed by atoms with van der Waals surface area (Å²) in [4.78, 5) is 15.9. The van der Waals surface area contributed by atoms with Crippen LogP contribution >= 0.6 is 0 Å². The minimum absolute atomic E-state index is 0.428. The number of nitrogens with zero attached hydrogens (tertiary/aromatic N) is 4. The zero-order valence-corrected chi connectivity index (χ0v) is 33.6. The minimum atomic E-state index is -0.428. The van der Waals surface area contributed by atoms with E-state index in [0.29, 0.717) is 17.6 Å². The Morgan fingerprint density at radius 2 is 0.790 bits per heavy atom. The SMILES string of the molecule is c1ccc(-c2nc(-c3ccccc3-c3ccccc3)nc(-n3c4ccccc4c4c(-c5cccc6c5-c5ccccc5C65c6ccccc6-c6ccccc65)cccc43)n2)cc1. The topological polar surface area (TPSA) is 43.6 Å². The second kappa shape index (κ2) is 13.4. The van der Waals surface area contributed by atoms with Gasteiger partial charge in [0.1, 0.15) is 0 Å². The molecule has 0 N–H and O–H groups in total. The van der Waals surface area contributed by atoms with Gasteiger partial charge in [0.15, 0.2) is 11.6 Å². The van der Waals surface area contributed by atoms with Gasteiger partial charge in [-0.25, -0.2) is 4.98 Å². The lowest BCUT2D eigenvalue weighted by Gasteiger charge is -2.30. The zero-order chi connectivity index (χ0) is 40.8. The van der Waals surface area contributed by atoms with Crippen LogP contribution in [0.25, 0.3) is 95.0 Å². The first-order chi connectivity index (χ1) is 30.8. The van der Waals surface area contributed by atoms with Crippen LogP contribution in [0.15, 0.2) is 218 Å². The fraction of sp³-hybridized carbons (Fsp3) is 0.0172. The Balaban J connectivity index is 1.08. The smallest absolute Gasteiger partial charge is 0.238 e. The Kier molecular flexibility index (Phi) is 7.49. The zero-order valence-electron chi connectivity index (χ0n) is 33.6. The van der Waals surface area contributed by atoms with Crippen LogP contribution in [-0.4, -0.2) is 19.5 Å². The summed E-state index contributed by atoms with van der Waals surface area (Å²) in [6.45, 7) is 0. The van der Waals surface area contributed by atoms with Crippen LogP contribution in [0.4, 0.5) is 0 Å². The number of para-hydroxylation sites is 1. The van der Waals surface area contributed by atoms with Crippen LogP contribution in [-0.2, 0) is 5.41 Å². The molecule has 4 nitrogen and oxygen atoms in total. The standard InChI is InChI=1S/C58H36N4/c1-3-19-37(20-4-1)39-23-7-8-26-44(39)56-59-55(38-21-5-2-6-22-38)60-57(61-56)62-51-35-16-12-28-46(51)54-43(30-18-36-52(54)62)42-29-17-34-50-53(42)45-27-11-15-33-49(45)58(50)47-31-13-9-24-40(47)41-25-10-14-32-48(41)58/h1-36H. The van der Waals surface area contributed by atoms with Crippen molar-refractivity contribution in [3.8, 4) is 73.2 Å². The van der Waals surface area contributed by atoms with E-state index in [-0.39, 0.29) is 0 Å². The minimum Gasteiger partial charge on any atom is -0.278 e. The van der Waals surface area contributed by atoms with Gasteiger partial charge in [-0.3, -0.25) is 4.57 Å². The lowest BCUT2D eigenvalue weighted by atomic mass is 9.70. The summed E-state index contributed by atoms with van der Waals surface area (Å²) < 4.78 is 2.24. The summed E-state index contributed by atoms with van der Waals surface area (Å²) in [5, 5.41) is 2.30. The molecule has 0 fully saturated rings. The monoisotopic (exact) mass is 788 g/mol. The first-order valence-corrected chi connectivity index (χ1v) is 21.2. The van der Waals surface area contributed by atoms with E-state index >= 15 is 0 Å². The molecule has 288 valence electrons. The Labute approximate surface area is 359 Å². The lowest BCUT2D eigenvalue weighted by molar-refractivity contribution is 0.794. The molecule has 0 bridgehead atoms. The molecule has 0 unspecified atom stereocenters. The molecule has 2 aliphatic carbocycles. The lowest BCUT2D eigenvalue weighted by Crippen LogP contribution is -2.25. The molecule has 0 saturated heterocycles. The van der Waals surface area contributed by atoms with E-state index in [1.54, 1.807) is 0 Å². The molecule has 0 saturated carbocycles. The van der Waals surface area contributed by atoms with Crippen molar-refractivity contribution >= 4 is 21.8 Å². The van der Waals surface area contributed by atoms with Crippen LogP contribution in [0.5, 0.6) is 0 Å². The Morgan fingerprint density at radius 1 is 0.306 bits per heavy atom. The predicted molar refractivity (Wildman–Crippen MR) is 252 cm³/mol. The summed E-state index contributed by atoms with van der Waals surface area (Å²) >= 11 is 0. The van der Waals surface area contributed by atoms with Gasteiger partial charge in [0, 0.05) is 21.9 Å². The summed E-state index contributed by atoms with van der Waals surface area (Å²) in [6.07, 6.45) is 0. The predicted octanol–water partition coefficient (Wildman–Crippen LogP) is 14.0. The molecule has 2 aromatic heterocycles. The van der Waals surface area contributed by atoms with Crippen molar-refractivity contribution in [3.05, 3.63) is 241 Å². The van der Waals surface area contributed by atoms with Crippen molar-refractivity contribution in [2.45, 2.75) is 5.41 Å². The Morgan fingerprint density at radius 3 is 1.52 bits per heavy atom. The maximum atomic E-state index is 5.38. The van der Waals surface area contributed by atoms with Crippen molar-refractivity contribution in [1.82, 2.24) is 19.5 Å². The molecule has 1 spiro atoms. The molecular weight excluding hydrogens is 753 g/mol. The molecule has 0 radical (unpaired) electrons. The maximum absolute atomic E-state index is 5.38. The Hall–Kier alpha value is -8.21. The van der Waals surface area contributed by atoms with E-state index in [0.717, 1.165) is 44.1 Å². The number of hydrogen-bond acceptors (Lipinski definition) is 3. The highest BCUT2D eigenvalue weighted by molar-refractivity contribution is 6.17. The van der Waals surface area contributed by atoms with E-state index in [9.17, 15) is 0 Å². The first-order valence-electron chi connectivity index (χ1n) is 21.2. The number of hydrogen-bond donors (Lipinski definition) is 0. The molecule has 4 heteroatoms.